The average Bonchev–Trinajstić information content (AvgIpc) is 2.49. The molecular weight excluding hydrogens is 254 g/mol. The standard InChI is InChI=1S/C14H23N5O/c1-18-7-5-11(6-8-18)10-19(2)14(20)13-4-3-12(17-15)9-16-13/h3-4,9,11,17H,5-8,10,15H2,1-2H3. The number of amides is 1. The second kappa shape index (κ2) is 6.67. The minimum Gasteiger partial charge on any atom is -0.340 e. The summed E-state index contributed by atoms with van der Waals surface area (Å²) >= 11 is 0. The van der Waals surface area contributed by atoms with E-state index >= 15 is 0 Å². The number of piperidine rings is 1. The van der Waals surface area contributed by atoms with Gasteiger partial charge in [-0.15, -0.1) is 0 Å². The van der Waals surface area contributed by atoms with Crippen molar-refractivity contribution in [3.63, 3.8) is 0 Å². The SMILES string of the molecule is CN1CCC(CN(C)C(=O)c2ccc(NN)cn2)CC1. The van der Waals surface area contributed by atoms with Crippen molar-refractivity contribution in [2.45, 2.75) is 12.8 Å². The number of nitrogen functional groups attached to an aromatic ring is 1. The molecule has 110 valence electrons. The lowest BCUT2D eigenvalue weighted by Gasteiger charge is -2.31. The van der Waals surface area contributed by atoms with Gasteiger partial charge in [-0.25, -0.2) is 4.98 Å². The van der Waals surface area contributed by atoms with Crippen LogP contribution < -0.4 is 11.3 Å². The van der Waals surface area contributed by atoms with Gasteiger partial charge in [0.1, 0.15) is 5.69 Å². The number of aromatic nitrogens is 1. The van der Waals surface area contributed by atoms with Crippen LogP contribution in [0.1, 0.15) is 23.3 Å². The molecule has 2 heterocycles. The summed E-state index contributed by atoms with van der Waals surface area (Å²) in [6.07, 6.45) is 3.87. The van der Waals surface area contributed by atoms with Crippen molar-refractivity contribution in [2.24, 2.45) is 11.8 Å². The largest absolute Gasteiger partial charge is 0.340 e. The Morgan fingerprint density at radius 1 is 1.50 bits per heavy atom. The molecule has 1 fully saturated rings. The molecule has 1 aliphatic heterocycles. The van der Waals surface area contributed by atoms with E-state index < -0.39 is 0 Å². The second-order valence-corrected chi connectivity index (χ2v) is 5.51. The Morgan fingerprint density at radius 3 is 2.75 bits per heavy atom. The summed E-state index contributed by atoms with van der Waals surface area (Å²) in [5.41, 5.74) is 3.65. The van der Waals surface area contributed by atoms with Crippen LogP contribution in [0.3, 0.4) is 0 Å². The molecule has 1 aromatic heterocycles. The van der Waals surface area contributed by atoms with Crippen LogP contribution in [0.2, 0.25) is 0 Å². The van der Waals surface area contributed by atoms with Gasteiger partial charge in [0.15, 0.2) is 0 Å². The van der Waals surface area contributed by atoms with Gasteiger partial charge in [0, 0.05) is 13.6 Å². The molecule has 1 amide bonds. The molecule has 1 saturated heterocycles. The number of hydrazine groups is 1. The monoisotopic (exact) mass is 277 g/mol. The smallest absolute Gasteiger partial charge is 0.272 e. The molecule has 20 heavy (non-hydrogen) atoms. The van der Waals surface area contributed by atoms with Gasteiger partial charge in [-0.1, -0.05) is 0 Å². The van der Waals surface area contributed by atoms with Gasteiger partial charge in [-0.05, 0) is 51.0 Å². The third-order valence-electron chi connectivity index (χ3n) is 3.87. The van der Waals surface area contributed by atoms with Crippen LogP contribution in [-0.2, 0) is 0 Å². The van der Waals surface area contributed by atoms with E-state index in [1.54, 1.807) is 23.2 Å². The molecule has 0 atom stereocenters. The zero-order valence-electron chi connectivity index (χ0n) is 12.2. The summed E-state index contributed by atoms with van der Waals surface area (Å²) in [6.45, 7) is 3.02. The fourth-order valence-corrected chi connectivity index (χ4v) is 2.52. The topological polar surface area (TPSA) is 74.5 Å². The van der Waals surface area contributed by atoms with Gasteiger partial charge in [0.25, 0.3) is 5.91 Å². The number of carbonyl (C=O) groups is 1. The highest BCUT2D eigenvalue weighted by atomic mass is 16.2. The molecule has 0 saturated carbocycles. The number of rotatable bonds is 4. The van der Waals surface area contributed by atoms with E-state index in [9.17, 15) is 4.79 Å². The molecule has 1 aromatic rings. The fraction of sp³-hybridized carbons (Fsp3) is 0.571. The first-order valence-corrected chi connectivity index (χ1v) is 6.97. The van der Waals surface area contributed by atoms with Gasteiger partial charge in [-0.2, -0.15) is 0 Å². The highest BCUT2D eigenvalue weighted by Crippen LogP contribution is 2.17. The van der Waals surface area contributed by atoms with Gasteiger partial charge >= 0.3 is 0 Å². The molecule has 1 aliphatic rings. The summed E-state index contributed by atoms with van der Waals surface area (Å²) in [4.78, 5) is 20.5. The van der Waals surface area contributed by atoms with Gasteiger partial charge < -0.3 is 15.2 Å². The Labute approximate surface area is 119 Å². The van der Waals surface area contributed by atoms with E-state index in [2.05, 4.69) is 22.4 Å². The third kappa shape index (κ3) is 3.68. The van der Waals surface area contributed by atoms with E-state index in [0.29, 0.717) is 17.3 Å². The lowest BCUT2D eigenvalue weighted by molar-refractivity contribution is 0.0741. The first-order chi connectivity index (χ1) is 9.60. The molecule has 0 aromatic carbocycles. The van der Waals surface area contributed by atoms with Gasteiger partial charge in [0.05, 0.1) is 11.9 Å². The predicted octanol–water partition coefficient (Wildman–Crippen LogP) is 0.781. The van der Waals surface area contributed by atoms with Crippen molar-refractivity contribution in [3.8, 4) is 0 Å². The summed E-state index contributed by atoms with van der Waals surface area (Å²) in [6, 6.07) is 3.45. The second-order valence-electron chi connectivity index (χ2n) is 5.51. The number of anilines is 1. The minimum atomic E-state index is -0.0347. The first kappa shape index (κ1) is 14.7. The maximum absolute atomic E-state index is 12.3. The summed E-state index contributed by atoms with van der Waals surface area (Å²) in [5, 5.41) is 0. The number of nitrogens with two attached hydrogens (primary N) is 1. The normalized spacial score (nSPS) is 16.9. The van der Waals surface area contributed by atoms with Crippen LogP contribution in [0, 0.1) is 5.92 Å². The zero-order valence-corrected chi connectivity index (χ0v) is 12.2. The molecule has 2 rings (SSSR count). The fourth-order valence-electron chi connectivity index (χ4n) is 2.52. The zero-order chi connectivity index (χ0) is 14.5. The van der Waals surface area contributed by atoms with Crippen molar-refractivity contribution in [3.05, 3.63) is 24.0 Å². The molecule has 0 bridgehead atoms. The maximum Gasteiger partial charge on any atom is 0.272 e. The predicted molar refractivity (Wildman–Crippen MR) is 79.2 cm³/mol. The quantitative estimate of drug-likeness (QED) is 0.628. The molecule has 0 unspecified atom stereocenters. The Kier molecular flexibility index (Phi) is 4.92. The molecular formula is C14H23N5O. The highest BCUT2D eigenvalue weighted by molar-refractivity contribution is 5.92. The number of likely N-dealkylation sites (tertiary alicyclic amines) is 1. The van der Waals surface area contributed by atoms with E-state index in [0.717, 1.165) is 32.5 Å². The lowest BCUT2D eigenvalue weighted by Crippen LogP contribution is -2.38. The van der Waals surface area contributed by atoms with Crippen molar-refractivity contribution in [1.82, 2.24) is 14.8 Å². The van der Waals surface area contributed by atoms with Crippen LogP contribution >= 0.6 is 0 Å². The summed E-state index contributed by atoms with van der Waals surface area (Å²) < 4.78 is 0. The first-order valence-electron chi connectivity index (χ1n) is 6.97. The Bertz CT molecular complexity index is 439. The van der Waals surface area contributed by atoms with Crippen molar-refractivity contribution < 1.29 is 4.79 Å². The molecule has 0 aliphatic carbocycles. The van der Waals surface area contributed by atoms with Crippen LogP contribution in [0.15, 0.2) is 18.3 Å². The van der Waals surface area contributed by atoms with E-state index in [4.69, 9.17) is 5.84 Å². The molecule has 0 spiro atoms. The van der Waals surface area contributed by atoms with Gasteiger partial charge in [-0.3, -0.25) is 10.6 Å². The van der Waals surface area contributed by atoms with Crippen molar-refractivity contribution in [2.75, 3.05) is 39.2 Å². The summed E-state index contributed by atoms with van der Waals surface area (Å²) in [5.74, 6) is 5.83. The highest BCUT2D eigenvalue weighted by Gasteiger charge is 2.21. The van der Waals surface area contributed by atoms with Crippen LogP contribution in [0.25, 0.3) is 0 Å². The Balaban J connectivity index is 1.90. The Morgan fingerprint density at radius 2 is 2.20 bits per heavy atom. The molecule has 3 N–H and O–H groups in total. The summed E-state index contributed by atoms with van der Waals surface area (Å²) in [7, 11) is 3.99. The van der Waals surface area contributed by atoms with Crippen molar-refractivity contribution >= 4 is 11.6 Å². The van der Waals surface area contributed by atoms with Crippen molar-refractivity contribution in [1.29, 1.82) is 0 Å². The molecule has 6 heteroatoms. The number of nitrogens with one attached hydrogen (secondary N) is 1. The Hall–Kier alpha value is -1.66. The number of nitrogens with zero attached hydrogens (tertiary/aromatic N) is 3. The number of pyridine rings is 1. The number of hydrogen-bond acceptors (Lipinski definition) is 5. The van der Waals surface area contributed by atoms with Gasteiger partial charge in [0.2, 0.25) is 0 Å². The number of hydrogen-bond donors (Lipinski definition) is 2. The molecule has 0 radical (unpaired) electrons. The number of carbonyl (C=O) groups excluding carboxylic acids is 1. The van der Waals surface area contributed by atoms with E-state index in [-0.39, 0.29) is 5.91 Å². The lowest BCUT2D eigenvalue weighted by atomic mass is 9.96. The van der Waals surface area contributed by atoms with Crippen LogP contribution in [-0.4, -0.2) is 54.4 Å². The maximum atomic E-state index is 12.3. The minimum absolute atomic E-state index is 0.0347. The average molecular weight is 277 g/mol. The van der Waals surface area contributed by atoms with Crippen LogP contribution in [0.5, 0.6) is 0 Å². The molecule has 6 nitrogen and oxygen atoms in total. The van der Waals surface area contributed by atoms with E-state index in [1.165, 1.54) is 0 Å². The third-order valence-corrected chi connectivity index (χ3v) is 3.87. The van der Waals surface area contributed by atoms with Crippen LogP contribution in [0.4, 0.5) is 5.69 Å². The van der Waals surface area contributed by atoms with E-state index in [1.807, 2.05) is 7.05 Å².